The normalized spacial score (nSPS) is 10.0. The SMILES string of the molecule is CC(=O)c1cc(F)c(C)c(Cl)c1. The van der Waals surface area contributed by atoms with Crippen molar-refractivity contribution in [1.82, 2.24) is 0 Å². The summed E-state index contributed by atoms with van der Waals surface area (Å²) in [4.78, 5) is 10.8. The van der Waals surface area contributed by atoms with Crippen LogP contribution in [0.3, 0.4) is 0 Å². The number of Topliss-reactive ketones (excluding diaryl/α,β-unsaturated/α-hetero) is 1. The highest BCUT2D eigenvalue weighted by Gasteiger charge is 2.07. The topological polar surface area (TPSA) is 17.1 Å². The van der Waals surface area contributed by atoms with E-state index in [9.17, 15) is 9.18 Å². The van der Waals surface area contributed by atoms with Crippen molar-refractivity contribution in [3.05, 3.63) is 34.1 Å². The predicted octanol–water partition coefficient (Wildman–Crippen LogP) is 2.99. The van der Waals surface area contributed by atoms with Crippen LogP contribution in [-0.2, 0) is 0 Å². The highest BCUT2D eigenvalue weighted by Crippen LogP contribution is 2.20. The van der Waals surface area contributed by atoms with Crippen LogP contribution in [-0.4, -0.2) is 5.78 Å². The molecule has 0 aliphatic carbocycles. The van der Waals surface area contributed by atoms with Crippen LogP contribution in [0.4, 0.5) is 4.39 Å². The molecule has 64 valence electrons. The second kappa shape index (κ2) is 3.23. The minimum atomic E-state index is -0.437. The molecule has 0 aliphatic heterocycles. The number of carbonyl (C=O) groups excluding carboxylic acids is 1. The fourth-order valence-electron chi connectivity index (χ4n) is 0.849. The van der Waals surface area contributed by atoms with Gasteiger partial charge in [0.2, 0.25) is 0 Å². The first-order chi connectivity index (χ1) is 5.52. The molecule has 0 atom stereocenters. The lowest BCUT2D eigenvalue weighted by molar-refractivity contribution is 0.101. The zero-order valence-corrected chi connectivity index (χ0v) is 7.57. The summed E-state index contributed by atoms with van der Waals surface area (Å²) in [6.07, 6.45) is 0. The minimum Gasteiger partial charge on any atom is -0.295 e. The Hall–Kier alpha value is -0.890. The Kier molecular flexibility index (Phi) is 2.48. The van der Waals surface area contributed by atoms with Crippen molar-refractivity contribution in [2.75, 3.05) is 0 Å². The van der Waals surface area contributed by atoms with Crippen molar-refractivity contribution in [3.8, 4) is 0 Å². The van der Waals surface area contributed by atoms with E-state index in [0.29, 0.717) is 16.1 Å². The van der Waals surface area contributed by atoms with Gasteiger partial charge in [0.05, 0.1) is 0 Å². The third kappa shape index (κ3) is 1.64. The van der Waals surface area contributed by atoms with Crippen LogP contribution in [0.2, 0.25) is 5.02 Å². The van der Waals surface area contributed by atoms with Gasteiger partial charge in [0.1, 0.15) is 5.82 Å². The smallest absolute Gasteiger partial charge is 0.159 e. The number of ketones is 1. The Labute approximate surface area is 75.2 Å². The van der Waals surface area contributed by atoms with Gasteiger partial charge in [-0.2, -0.15) is 0 Å². The average molecular weight is 187 g/mol. The third-order valence-corrected chi connectivity index (χ3v) is 2.08. The van der Waals surface area contributed by atoms with Crippen molar-refractivity contribution in [3.63, 3.8) is 0 Å². The van der Waals surface area contributed by atoms with Crippen molar-refractivity contribution >= 4 is 17.4 Å². The maximum absolute atomic E-state index is 13.0. The van der Waals surface area contributed by atoms with Crippen LogP contribution in [0, 0.1) is 12.7 Å². The van der Waals surface area contributed by atoms with E-state index in [-0.39, 0.29) is 5.78 Å². The van der Waals surface area contributed by atoms with E-state index in [4.69, 9.17) is 11.6 Å². The van der Waals surface area contributed by atoms with Crippen LogP contribution in [0.1, 0.15) is 22.8 Å². The van der Waals surface area contributed by atoms with Gasteiger partial charge < -0.3 is 0 Å². The van der Waals surface area contributed by atoms with E-state index in [1.807, 2.05) is 0 Å². The van der Waals surface area contributed by atoms with E-state index >= 15 is 0 Å². The molecule has 0 heterocycles. The standard InChI is InChI=1S/C9H8ClFO/c1-5-8(10)3-7(6(2)12)4-9(5)11/h3-4H,1-2H3. The quantitative estimate of drug-likeness (QED) is 0.617. The molecular formula is C9H8ClFO. The highest BCUT2D eigenvalue weighted by molar-refractivity contribution is 6.31. The number of hydrogen-bond donors (Lipinski definition) is 0. The Morgan fingerprint density at radius 2 is 2.08 bits per heavy atom. The maximum Gasteiger partial charge on any atom is 0.159 e. The van der Waals surface area contributed by atoms with Crippen LogP contribution in [0.5, 0.6) is 0 Å². The zero-order valence-electron chi connectivity index (χ0n) is 6.82. The van der Waals surface area contributed by atoms with E-state index in [1.165, 1.54) is 19.1 Å². The minimum absolute atomic E-state index is 0.184. The van der Waals surface area contributed by atoms with Gasteiger partial charge in [0.25, 0.3) is 0 Å². The van der Waals surface area contributed by atoms with E-state index in [0.717, 1.165) is 0 Å². The van der Waals surface area contributed by atoms with Crippen molar-refractivity contribution in [1.29, 1.82) is 0 Å². The molecule has 12 heavy (non-hydrogen) atoms. The van der Waals surface area contributed by atoms with Crippen LogP contribution in [0.15, 0.2) is 12.1 Å². The largest absolute Gasteiger partial charge is 0.295 e. The molecule has 1 nitrogen and oxygen atoms in total. The predicted molar refractivity (Wildman–Crippen MR) is 46.2 cm³/mol. The van der Waals surface area contributed by atoms with Gasteiger partial charge in [0, 0.05) is 16.1 Å². The molecular weight excluding hydrogens is 179 g/mol. The summed E-state index contributed by atoms with van der Waals surface area (Å²) in [5, 5.41) is 0.292. The second-order valence-corrected chi connectivity index (χ2v) is 3.03. The number of benzene rings is 1. The van der Waals surface area contributed by atoms with Gasteiger partial charge in [-0.1, -0.05) is 11.6 Å². The van der Waals surface area contributed by atoms with Crippen molar-refractivity contribution in [2.45, 2.75) is 13.8 Å². The molecule has 3 heteroatoms. The lowest BCUT2D eigenvalue weighted by Crippen LogP contribution is -1.95. The molecule has 1 aromatic carbocycles. The zero-order chi connectivity index (χ0) is 9.30. The molecule has 0 fully saturated rings. The monoisotopic (exact) mass is 186 g/mol. The lowest BCUT2D eigenvalue weighted by atomic mass is 10.1. The highest BCUT2D eigenvalue weighted by atomic mass is 35.5. The third-order valence-electron chi connectivity index (χ3n) is 1.69. The molecule has 0 unspecified atom stereocenters. The van der Waals surface area contributed by atoms with Gasteiger partial charge in [-0.25, -0.2) is 4.39 Å². The summed E-state index contributed by atoms with van der Waals surface area (Å²) >= 11 is 5.67. The summed E-state index contributed by atoms with van der Waals surface area (Å²) in [5.41, 5.74) is 0.685. The molecule has 0 bridgehead atoms. The maximum atomic E-state index is 13.0. The van der Waals surface area contributed by atoms with Crippen molar-refractivity contribution < 1.29 is 9.18 Å². The summed E-state index contributed by atoms with van der Waals surface area (Å²) in [6, 6.07) is 2.67. The van der Waals surface area contributed by atoms with E-state index in [2.05, 4.69) is 0 Å². The van der Waals surface area contributed by atoms with Gasteiger partial charge >= 0.3 is 0 Å². The summed E-state index contributed by atoms with van der Waals surface area (Å²) in [7, 11) is 0. The van der Waals surface area contributed by atoms with Crippen LogP contribution >= 0.6 is 11.6 Å². The average Bonchev–Trinajstić information content (AvgIpc) is 1.99. The Morgan fingerprint density at radius 1 is 1.50 bits per heavy atom. The molecule has 0 amide bonds. The van der Waals surface area contributed by atoms with E-state index in [1.54, 1.807) is 6.92 Å². The molecule has 0 radical (unpaired) electrons. The molecule has 1 aromatic rings. The van der Waals surface area contributed by atoms with Gasteiger partial charge in [0.15, 0.2) is 5.78 Å². The Morgan fingerprint density at radius 3 is 2.50 bits per heavy atom. The van der Waals surface area contributed by atoms with Crippen LogP contribution in [0.25, 0.3) is 0 Å². The lowest BCUT2D eigenvalue weighted by Gasteiger charge is -2.01. The first-order valence-corrected chi connectivity index (χ1v) is 3.86. The fourth-order valence-corrected chi connectivity index (χ4v) is 1.06. The Bertz CT molecular complexity index is 310. The van der Waals surface area contributed by atoms with Gasteiger partial charge in [-0.05, 0) is 26.0 Å². The molecule has 0 spiro atoms. The van der Waals surface area contributed by atoms with Crippen LogP contribution < -0.4 is 0 Å². The molecule has 1 rings (SSSR count). The number of carbonyl (C=O) groups is 1. The number of halogens is 2. The van der Waals surface area contributed by atoms with Gasteiger partial charge in [-0.15, -0.1) is 0 Å². The van der Waals surface area contributed by atoms with Gasteiger partial charge in [-0.3, -0.25) is 4.79 Å². The Balaban J connectivity index is 3.31. The number of hydrogen-bond acceptors (Lipinski definition) is 1. The first kappa shape index (κ1) is 9.20. The fraction of sp³-hybridized carbons (Fsp3) is 0.222. The summed E-state index contributed by atoms with van der Waals surface area (Å²) < 4.78 is 13.0. The molecule has 0 aliphatic rings. The molecule has 0 saturated heterocycles. The summed E-state index contributed by atoms with van der Waals surface area (Å²) in [5.74, 6) is -0.622. The van der Waals surface area contributed by atoms with Crippen molar-refractivity contribution in [2.24, 2.45) is 0 Å². The molecule has 0 aromatic heterocycles. The molecule has 0 N–H and O–H groups in total. The second-order valence-electron chi connectivity index (χ2n) is 2.62. The summed E-state index contributed by atoms with van der Waals surface area (Å²) in [6.45, 7) is 2.95. The number of rotatable bonds is 1. The molecule has 0 saturated carbocycles. The van der Waals surface area contributed by atoms with E-state index < -0.39 is 5.82 Å². The first-order valence-electron chi connectivity index (χ1n) is 3.49.